The lowest BCUT2D eigenvalue weighted by Gasteiger charge is -2.32. The van der Waals surface area contributed by atoms with E-state index in [2.05, 4.69) is 10.6 Å². The van der Waals surface area contributed by atoms with E-state index in [0.29, 0.717) is 50.9 Å². The Morgan fingerprint density at radius 1 is 0.886 bits per heavy atom. The molecule has 0 atom stereocenters. The molecule has 2 amide bonds. The van der Waals surface area contributed by atoms with Crippen LogP contribution in [0.25, 0.3) is 0 Å². The zero-order chi connectivity index (χ0) is 25.8. The van der Waals surface area contributed by atoms with E-state index in [9.17, 15) is 41.0 Å². The predicted octanol–water partition coefficient (Wildman–Crippen LogP) is 3.59. The van der Waals surface area contributed by atoms with E-state index in [1.165, 1.54) is 0 Å². The van der Waals surface area contributed by atoms with Gasteiger partial charge in [-0.25, -0.2) is 0 Å². The van der Waals surface area contributed by atoms with Crippen LogP contribution in [0.2, 0.25) is 0 Å². The van der Waals surface area contributed by atoms with Gasteiger partial charge in [0.05, 0.1) is 23.8 Å². The Morgan fingerprint density at radius 2 is 1.43 bits per heavy atom. The van der Waals surface area contributed by atoms with Crippen LogP contribution in [0.3, 0.4) is 0 Å². The highest BCUT2D eigenvalue weighted by Gasteiger charge is 2.37. The van der Waals surface area contributed by atoms with Gasteiger partial charge in [0, 0.05) is 18.2 Å². The first-order chi connectivity index (χ1) is 16.3. The quantitative estimate of drug-likeness (QED) is 0.512. The topological polar surface area (TPSA) is 81.7 Å². The van der Waals surface area contributed by atoms with Crippen LogP contribution < -0.4 is 10.6 Å². The van der Waals surface area contributed by atoms with Gasteiger partial charge in [-0.05, 0) is 75.7 Å². The molecule has 0 radical (unpaired) electrons. The third-order valence-corrected chi connectivity index (χ3v) is 6.54. The van der Waals surface area contributed by atoms with Crippen molar-refractivity contribution in [3.05, 3.63) is 34.9 Å². The molecule has 196 valence electrons. The second-order valence-corrected chi connectivity index (χ2v) is 9.30. The zero-order valence-electron chi connectivity index (χ0n) is 19.0. The normalized spacial score (nSPS) is 22.6. The van der Waals surface area contributed by atoms with Gasteiger partial charge in [-0.3, -0.25) is 14.5 Å². The summed E-state index contributed by atoms with van der Waals surface area (Å²) in [5, 5.41) is 15.0. The number of halogens is 6. The Morgan fingerprint density at radius 3 is 1.94 bits per heavy atom. The van der Waals surface area contributed by atoms with Gasteiger partial charge < -0.3 is 15.7 Å². The first-order valence-electron chi connectivity index (χ1n) is 11.6. The summed E-state index contributed by atoms with van der Waals surface area (Å²) in [5.41, 5.74) is -3.77. The fourth-order valence-electron chi connectivity index (χ4n) is 4.47. The lowest BCUT2D eigenvalue weighted by Crippen LogP contribution is -2.46. The molecule has 1 aliphatic carbocycles. The first-order valence-corrected chi connectivity index (χ1v) is 11.6. The van der Waals surface area contributed by atoms with Gasteiger partial charge in [0.15, 0.2) is 0 Å². The third kappa shape index (κ3) is 8.09. The van der Waals surface area contributed by atoms with Crippen LogP contribution in [0.4, 0.5) is 26.3 Å². The molecule has 1 heterocycles. The number of alkyl halides is 6. The van der Waals surface area contributed by atoms with Crippen molar-refractivity contribution in [3.8, 4) is 0 Å². The number of nitrogens with one attached hydrogen (secondary N) is 2. The van der Waals surface area contributed by atoms with E-state index in [4.69, 9.17) is 0 Å². The summed E-state index contributed by atoms with van der Waals surface area (Å²) in [6.45, 7) is 1.50. The molecule has 3 N–H and O–H groups in total. The van der Waals surface area contributed by atoms with Crippen molar-refractivity contribution < 1.29 is 41.0 Å². The van der Waals surface area contributed by atoms with E-state index >= 15 is 0 Å². The van der Waals surface area contributed by atoms with Gasteiger partial charge in [0.2, 0.25) is 5.91 Å². The molecule has 0 spiro atoms. The third-order valence-electron chi connectivity index (χ3n) is 6.54. The Balaban J connectivity index is 1.46. The maximum Gasteiger partial charge on any atom is 0.416 e. The number of likely N-dealkylation sites (tertiary alicyclic amines) is 1. The molecule has 0 unspecified atom stereocenters. The lowest BCUT2D eigenvalue weighted by atomic mass is 9.93. The Labute approximate surface area is 199 Å². The number of carbonyl (C=O) groups is 2. The summed E-state index contributed by atoms with van der Waals surface area (Å²) in [7, 11) is 0. The number of piperidine rings is 1. The molecule has 0 aromatic heterocycles. The molecule has 3 rings (SSSR count). The maximum atomic E-state index is 13.0. The van der Waals surface area contributed by atoms with E-state index in [-0.39, 0.29) is 43.1 Å². The second-order valence-electron chi connectivity index (χ2n) is 9.30. The predicted molar refractivity (Wildman–Crippen MR) is 114 cm³/mol. The van der Waals surface area contributed by atoms with Crippen molar-refractivity contribution in [2.45, 2.75) is 63.0 Å². The number of aliphatic hydroxyl groups excluding tert-OH is 1. The molecule has 1 aromatic rings. The summed E-state index contributed by atoms with van der Waals surface area (Å²) >= 11 is 0. The van der Waals surface area contributed by atoms with Gasteiger partial charge in [0.25, 0.3) is 5.91 Å². The molecule has 6 nitrogen and oxygen atoms in total. The minimum absolute atomic E-state index is 0.00835. The van der Waals surface area contributed by atoms with Crippen LogP contribution in [-0.2, 0) is 17.1 Å². The van der Waals surface area contributed by atoms with E-state index in [1.807, 2.05) is 4.90 Å². The summed E-state index contributed by atoms with van der Waals surface area (Å²) in [5.74, 6) is -1.10. The number of rotatable bonds is 6. The standard InChI is InChI=1S/C23H29F6N3O3/c24-22(25,26)16-9-15(10-17(11-16)23(27,28)29)21(35)30-12-14-5-7-32(8-6-14)13-20(34)31-18-1-3-19(33)4-2-18/h9-11,14,18-19,33H,1-8,12-13H2,(H,30,35)(H,31,34)/t18-,19-. The van der Waals surface area contributed by atoms with Crippen molar-refractivity contribution in [2.75, 3.05) is 26.2 Å². The largest absolute Gasteiger partial charge is 0.416 e. The number of benzene rings is 1. The van der Waals surface area contributed by atoms with Crippen molar-refractivity contribution in [2.24, 2.45) is 5.92 Å². The summed E-state index contributed by atoms with van der Waals surface area (Å²) in [6.07, 6.45) is -6.28. The fourth-order valence-corrected chi connectivity index (χ4v) is 4.47. The molecule has 0 bridgehead atoms. The summed E-state index contributed by atoms with van der Waals surface area (Å²) in [4.78, 5) is 26.6. The van der Waals surface area contributed by atoms with E-state index in [0.717, 1.165) is 12.8 Å². The highest BCUT2D eigenvalue weighted by atomic mass is 19.4. The molecular weight excluding hydrogens is 480 g/mol. The van der Waals surface area contributed by atoms with Crippen LogP contribution in [-0.4, -0.2) is 60.1 Å². The van der Waals surface area contributed by atoms with Crippen LogP contribution in [0, 0.1) is 5.92 Å². The van der Waals surface area contributed by atoms with Gasteiger partial charge in [-0.15, -0.1) is 0 Å². The molecule has 2 fully saturated rings. The molecule has 12 heteroatoms. The van der Waals surface area contributed by atoms with Crippen molar-refractivity contribution in [1.29, 1.82) is 0 Å². The number of hydrogen-bond acceptors (Lipinski definition) is 4. The lowest BCUT2D eigenvalue weighted by molar-refractivity contribution is -0.143. The van der Waals surface area contributed by atoms with Crippen LogP contribution in [0.1, 0.15) is 60.0 Å². The van der Waals surface area contributed by atoms with Crippen molar-refractivity contribution in [3.63, 3.8) is 0 Å². The SMILES string of the molecule is O=C(CN1CCC(CNC(=O)c2cc(C(F)(F)F)cc(C(F)(F)F)c2)CC1)N[C@H]1CC[C@H](O)CC1. The molecular formula is C23H29F6N3O3. The van der Waals surface area contributed by atoms with Gasteiger partial charge >= 0.3 is 12.4 Å². The Hall–Kier alpha value is -2.34. The Bertz CT molecular complexity index is 857. The molecule has 1 saturated heterocycles. The molecule has 1 saturated carbocycles. The molecule has 1 aliphatic heterocycles. The zero-order valence-corrected chi connectivity index (χ0v) is 19.0. The minimum atomic E-state index is -5.02. The number of carbonyl (C=O) groups excluding carboxylic acids is 2. The van der Waals surface area contributed by atoms with Crippen LogP contribution in [0.15, 0.2) is 18.2 Å². The van der Waals surface area contributed by atoms with Gasteiger partial charge in [-0.1, -0.05) is 0 Å². The maximum absolute atomic E-state index is 13.0. The number of aliphatic hydroxyl groups is 1. The average Bonchev–Trinajstić information content (AvgIpc) is 2.78. The van der Waals surface area contributed by atoms with Gasteiger partial charge in [-0.2, -0.15) is 26.3 Å². The average molecular weight is 509 g/mol. The summed E-state index contributed by atoms with van der Waals surface area (Å²) < 4.78 is 78.0. The smallest absolute Gasteiger partial charge is 0.393 e. The number of nitrogens with zero attached hydrogens (tertiary/aromatic N) is 1. The Kier molecular flexibility index (Phi) is 8.68. The van der Waals surface area contributed by atoms with E-state index < -0.39 is 35.0 Å². The van der Waals surface area contributed by atoms with Gasteiger partial charge in [0.1, 0.15) is 0 Å². The molecule has 2 aliphatic rings. The highest BCUT2D eigenvalue weighted by Crippen LogP contribution is 2.36. The fraction of sp³-hybridized carbons (Fsp3) is 0.652. The van der Waals surface area contributed by atoms with E-state index in [1.54, 1.807) is 0 Å². The molecule has 1 aromatic carbocycles. The first kappa shape index (κ1) is 27.3. The number of amides is 2. The van der Waals surface area contributed by atoms with Crippen molar-refractivity contribution in [1.82, 2.24) is 15.5 Å². The van der Waals surface area contributed by atoms with Crippen LogP contribution >= 0.6 is 0 Å². The summed E-state index contributed by atoms with van der Waals surface area (Å²) in [6, 6.07) is 0.880. The van der Waals surface area contributed by atoms with Crippen molar-refractivity contribution >= 4 is 11.8 Å². The monoisotopic (exact) mass is 509 g/mol. The molecule has 35 heavy (non-hydrogen) atoms. The highest BCUT2D eigenvalue weighted by molar-refractivity contribution is 5.94. The minimum Gasteiger partial charge on any atom is -0.393 e. The second kappa shape index (κ2) is 11.2. The number of hydrogen-bond donors (Lipinski definition) is 3. The van der Waals surface area contributed by atoms with Crippen LogP contribution in [0.5, 0.6) is 0 Å².